The van der Waals surface area contributed by atoms with Crippen LogP contribution < -0.4 is 5.32 Å². The van der Waals surface area contributed by atoms with Gasteiger partial charge in [-0.05, 0) is 12.8 Å². The van der Waals surface area contributed by atoms with E-state index >= 15 is 0 Å². The van der Waals surface area contributed by atoms with Crippen LogP contribution in [0.15, 0.2) is 0 Å². The molecule has 20 heavy (non-hydrogen) atoms. The predicted molar refractivity (Wildman–Crippen MR) is 70.9 cm³/mol. The number of rotatable bonds is 7. The Morgan fingerprint density at radius 1 is 1.40 bits per heavy atom. The van der Waals surface area contributed by atoms with Crippen molar-refractivity contribution in [2.75, 3.05) is 33.4 Å². The van der Waals surface area contributed by atoms with Gasteiger partial charge in [0.1, 0.15) is 0 Å². The minimum absolute atomic E-state index is 0.00826. The summed E-state index contributed by atoms with van der Waals surface area (Å²) >= 11 is 0. The number of ether oxygens (including phenoxy) is 2. The zero-order valence-corrected chi connectivity index (χ0v) is 12.0. The highest BCUT2D eigenvalue weighted by Crippen LogP contribution is 2.13. The summed E-state index contributed by atoms with van der Waals surface area (Å²) in [5.74, 6) is -0.849. The number of carbonyl (C=O) groups excluding carboxylic acids is 3. The van der Waals surface area contributed by atoms with Gasteiger partial charge in [0.2, 0.25) is 11.8 Å². The van der Waals surface area contributed by atoms with Crippen molar-refractivity contribution in [3.8, 4) is 0 Å². The molecule has 0 spiro atoms. The largest absolute Gasteiger partial charge is 0.469 e. The minimum atomic E-state index is -0.366. The summed E-state index contributed by atoms with van der Waals surface area (Å²) in [4.78, 5) is 35.6. The average Bonchev–Trinajstić information content (AvgIpc) is 2.93. The number of hydrogen-bond acceptors (Lipinski definition) is 5. The van der Waals surface area contributed by atoms with Gasteiger partial charge in [-0.1, -0.05) is 0 Å². The standard InChI is InChI=1S/C13H22N2O5/c1-10(16)14-8-12(17)15(6-5-13(18)19-2)9-11-4-3-7-20-11/h11H,3-9H2,1-2H3,(H,14,16). The maximum Gasteiger partial charge on any atom is 0.307 e. The Labute approximate surface area is 118 Å². The van der Waals surface area contributed by atoms with Crippen molar-refractivity contribution in [2.24, 2.45) is 0 Å². The predicted octanol–water partition coefficient (Wildman–Crippen LogP) is -0.307. The topological polar surface area (TPSA) is 84.9 Å². The molecule has 1 fully saturated rings. The van der Waals surface area contributed by atoms with Gasteiger partial charge in [0, 0.05) is 26.6 Å². The molecule has 7 nitrogen and oxygen atoms in total. The molecule has 1 saturated heterocycles. The van der Waals surface area contributed by atoms with Crippen LogP contribution in [0.5, 0.6) is 0 Å². The van der Waals surface area contributed by atoms with Crippen LogP contribution in [-0.2, 0) is 23.9 Å². The second-order valence-corrected chi connectivity index (χ2v) is 4.71. The van der Waals surface area contributed by atoms with Crippen LogP contribution >= 0.6 is 0 Å². The molecule has 1 unspecified atom stereocenters. The molecule has 0 saturated carbocycles. The highest BCUT2D eigenvalue weighted by Gasteiger charge is 2.23. The van der Waals surface area contributed by atoms with Gasteiger partial charge in [-0.2, -0.15) is 0 Å². The second-order valence-electron chi connectivity index (χ2n) is 4.71. The summed E-state index contributed by atoms with van der Waals surface area (Å²) in [5.41, 5.74) is 0. The summed E-state index contributed by atoms with van der Waals surface area (Å²) in [6, 6.07) is 0. The maximum atomic E-state index is 12.0. The van der Waals surface area contributed by atoms with Gasteiger partial charge in [0.05, 0.1) is 26.2 Å². The third kappa shape index (κ3) is 6.01. The van der Waals surface area contributed by atoms with Gasteiger partial charge in [-0.15, -0.1) is 0 Å². The molecule has 1 aliphatic heterocycles. The smallest absolute Gasteiger partial charge is 0.307 e. The Morgan fingerprint density at radius 3 is 2.70 bits per heavy atom. The van der Waals surface area contributed by atoms with E-state index in [4.69, 9.17) is 4.74 Å². The van der Waals surface area contributed by atoms with E-state index in [1.807, 2.05) is 0 Å². The first-order valence-corrected chi connectivity index (χ1v) is 6.73. The number of esters is 1. The first kappa shape index (κ1) is 16.4. The van der Waals surface area contributed by atoms with Crippen LogP contribution in [0.25, 0.3) is 0 Å². The highest BCUT2D eigenvalue weighted by molar-refractivity contribution is 5.84. The van der Waals surface area contributed by atoms with Crippen LogP contribution in [0, 0.1) is 0 Å². The van der Waals surface area contributed by atoms with Gasteiger partial charge >= 0.3 is 5.97 Å². The lowest BCUT2D eigenvalue weighted by Gasteiger charge is -2.25. The monoisotopic (exact) mass is 286 g/mol. The maximum absolute atomic E-state index is 12.0. The van der Waals surface area contributed by atoms with Crippen molar-refractivity contribution in [1.29, 1.82) is 0 Å². The van der Waals surface area contributed by atoms with E-state index in [0.29, 0.717) is 13.2 Å². The number of nitrogens with one attached hydrogen (secondary N) is 1. The molecular weight excluding hydrogens is 264 g/mol. The molecular formula is C13H22N2O5. The summed E-state index contributed by atoms with van der Waals surface area (Å²) in [6.07, 6.45) is 2.03. The summed E-state index contributed by atoms with van der Waals surface area (Å²) in [7, 11) is 1.31. The Morgan fingerprint density at radius 2 is 2.15 bits per heavy atom. The number of nitrogens with zero attached hydrogens (tertiary/aromatic N) is 1. The zero-order valence-electron chi connectivity index (χ0n) is 12.0. The van der Waals surface area contributed by atoms with Crippen LogP contribution in [0.3, 0.4) is 0 Å². The van der Waals surface area contributed by atoms with Crippen LogP contribution in [0.4, 0.5) is 0 Å². The Hall–Kier alpha value is -1.63. The molecule has 1 N–H and O–H groups in total. The first-order chi connectivity index (χ1) is 9.52. The van der Waals surface area contributed by atoms with Crippen molar-refractivity contribution >= 4 is 17.8 Å². The Bertz CT molecular complexity index is 353. The third-order valence-corrected chi connectivity index (χ3v) is 3.10. The Balaban J connectivity index is 2.49. The lowest BCUT2D eigenvalue weighted by Crippen LogP contribution is -2.44. The van der Waals surface area contributed by atoms with E-state index < -0.39 is 0 Å². The molecule has 1 atom stereocenters. The summed E-state index contributed by atoms with van der Waals surface area (Å²) in [5, 5.41) is 2.47. The van der Waals surface area contributed by atoms with E-state index in [1.165, 1.54) is 14.0 Å². The van der Waals surface area contributed by atoms with E-state index in [1.54, 1.807) is 4.90 Å². The van der Waals surface area contributed by atoms with Gasteiger partial charge in [-0.25, -0.2) is 0 Å². The summed E-state index contributed by atoms with van der Waals surface area (Å²) in [6.45, 7) is 2.70. The van der Waals surface area contributed by atoms with Gasteiger partial charge < -0.3 is 19.7 Å². The van der Waals surface area contributed by atoms with Gasteiger partial charge in [0.25, 0.3) is 0 Å². The zero-order chi connectivity index (χ0) is 15.0. The van der Waals surface area contributed by atoms with Crippen molar-refractivity contribution in [2.45, 2.75) is 32.3 Å². The lowest BCUT2D eigenvalue weighted by atomic mass is 10.2. The molecule has 1 aliphatic rings. The van der Waals surface area contributed by atoms with Gasteiger partial charge in [0.15, 0.2) is 0 Å². The normalized spacial score (nSPS) is 17.6. The molecule has 1 rings (SSSR count). The molecule has 0 bridgehead atoms. The van der Waals surface area contributed by atoms with Crippen LogP contribution in [0.1, 0.15) is 26.2 Å². The summed E-state index contributed by atoms with van der Waals surface area (Å²) < 4.78 is 10.1. The first-order valence-electron chi connectivity index (χ1n) is 6.73. The quantitative estimate of drug-likeness (QED) is 0.649. The molecule has 0 aromatic carbocycles. The molecule has 7 heteroatoms. The Kier molecular flexibility index (Phi) is 7.00. The molecule has 0 radical (unpaired) electrons. The molecule has 0 aliphatic carbocycles. The lowest BCUT2D eigenvalue weighted by molar-refractivity contribution is -0.142. The fourth-order valence-corrected chi connectivity index (χ4v) is 1.99. The van der Waals surface area contributed by atoms with Crippen molar-refractivity contribution < 1.29 is 23.9 Å². The molecule has 114 valence electrons. The van der Waals surface area contributed by atoms with Crippen molar-refractivity contribution in [1.82, 2.24) is 10.2 Å². The van der Waals surface area contributed by atoms with E-state index in [-0.39, 0.29) is 43.4 Å². The van der Waals surface area contributed by atoms with E-state index in [2.05, 4.69) is 10.1 Å². The minimum Gasteiger partial charge on any atom is -0.469 e. The number of carbonyl (C=O) groups is 3. The van der Waals surface area contributed by atoms with E-state index in [0.717, 1.165) is 12.8 Å². The van der Waals surface area contributed by atoms with Crippen LogP contribution in [-0.4, -0.2) is 62.1 Å². The second kappa shape index (κ2) is 8.52. The molecule has 0 aromatic rings. The molecule has 1 heterocycles. The van der Waals surface area contributed by atoms with Crippen LogP contribution in [0.2, 0.25) is 0 Å². The number of hydrogen-bond donors (Lipinski definition) is 1. The van der Waals surface area contributed by atoms with Gasteiger partial charge in [-0.3, -0.25) is 14.4 Å². The highest BCUT2D eigenvalue weighted by atomic mass is 16.5. The van der Waals surface area contributed by atoms with Crippen molar-refractivity contribution in [3.05, 3.63) is 0 Å². The fraction of sp³-hybridized carbons (Fsp3) is 0.769. The average molecular weight is 286 g/mol. The third-order valence-electron chi connectivity index (χ3n) is 3.10. The molecule has 2 amide bonds. The molecule has 0 aromatic heterocycles. The van der Waals surface area contributed by atoms with Crippen molar-refractivity contribution in [3.63, 3.8) is 0 Å². The fourth-order valence-electron chi connectivity index (χ4n) is 1.99. The number of amides is 2. The van der Waals surface area contributed by atoms with E-state index in [9.17, 15) is 14.4 Å². The number of methoxy groups -OCH3 is 1. The SMILES string of the molecule is COC(=O)CCN(CC1CCCO1)C(=O)CNC(C)=O.